The second-order valence-corrected chi connectivity index (χ2v) is 9.95. The second kappa shape index (κ2) is 11.8. The molecule has 0 aliphatic heterocycles. The second-order valence-electron chi connectivity index (χ2n) is 9.95. The van der Waals surface area contributed by atoms with Crippen molar-refractivity contribution in [3.8, 4) is 0 Å². The molecule has 6 heteroatoms. The van der Waals surface area contributed by atoms with Gasteiger partial charge >= 0.3 is 11.9 Å². The van der Waals surface area contributed by atoms with Crippen molar-refractivity contribution in [2.45, 2.75) is 77.0 Å². The molecule has 1 aromatic rings. The highest BCUT2D eigenvalue weighted by atomic mass is 16.4. The molecule has 0 radical (unpaired) electrons. The first-order chi connectivity index (χ1) is 15.4. The number of carboxylic acid groups (broad SMARTS) is 2. The number of benzene rings is 1. The third-order valence-corrected chi connectivity index (χ3v) is 7.92. The summed E-state index contributed by atoms with van der Waals surface area (Å²) < 4.78 is 0. The largest absolute Gasteiger partial charge is 0.478 e. The van der Waals surface area contributed by atoms with Crippen molar-refractivity contribution in [2.75, 3.05) is 13.2 Å². The van der Waals surface area contributed by atoms with Crippen molar-refractivity contribution < 1.29 is 30.0 Å². The summed E-state index contributed by atoms with van der Waals surface area (Å²) >= 11 is 0. The first-order valence-electron chi connectivity index (χ1n) is 12.3. The molecule has 4 N–H and O–H groups in total. The molecular weight excluding hydrogens is 408 g/mol. The standard InChI is InChI=1S/C26H38O6/c27-15-19-5-1-17(2-6-19)9-11-21-12-14-23(25(29)30)22(24(21)26(31)32)13-10-18-3-7-20(16-28)8-4-18/h12,14,17-20,27-28H,1-11,13,15-16H2,(H,29,30)(H,31,32). The minimum atomic E-state index is -1.07. The zero-order valence-electron chi connectivity index (χ0n) is 19.0. The summed E-state index contributed by atoms with van der Waals surface area (Å²) in [5, 5.41) is 38.4. The molecule has 0 atom stereocenters. The third kappa shape index (κ3) is 6.32. The van der Waals surface area contributed by atoms with Gasteiger partial charge in [0, 0.05) is 13.2 Å². The van der Waals surface area contributed by atoms with E-state index in [2.05, 4.69) is 0 Å². The fraction of sp³-hybridized carbons (Fsp3) is 0.692. The van der Waals surface area contributed by atoms with Crippen LogP contribution in [0.15, 0.2) is 12.1 Å². The van der Waals surface area contributed by atoms with Crippen molar-refractivity contribution in [3.63, 3.8) is 0 Å². The van der Waals surface area contributed by atoms with E-state index in [-0.39, 0.29) is 24.3 Å². The Hall–Kier alpha value is -1.92. The smallest absolute Gasteiger partial charge is 0.336 e. The number of rotatable bonds is 10. The summed E-state index contributed by atoms with van der Waals surface area (Å²) in [7, 11) is 0. The van der Waals surface area contributed by atoms with E-state index in [4.69, 9.17) is 0 Å². The Balaban J connectivity index is 1.72. The zero-order chi connectivity index (χ0) is 23.1. The van der Waals surface area contributed by atoms with Crippen LogP contribution in [0.5, 0.6) is 0 Å². The average molecular weight is 447 g/mol. The van der Waals surface area contributed by atoms with Crippen molar-refractivity contribution in [3.05, 3.63) is 34.4 Å². The minimum absolute atomic E-state index is 0.110. The molecule has 0 saturated heterocycles. The van der Waals surface area contributed by atoms with Crippen molar-refractivity contribution >= 4 is 11.9 Å². The summed E-state index contributed by atoms with van der Waals surface area (Å²) in [6.07, 6.45) is 10.9. The number of aliphatic hydroxyl groups excluding tert-OH is 2. The SMILES string of the molecule is O=C(O)c1ccc(CCC2CCC(CO)CC2)c(C(=O)O)c1CCC1CCC(CO)CC1. The number of hydrogen-bond acceptors (Lipinski definition) is 4. The van der Waals surface area contributed by atoms with Gasteiger partial charge in [-0.25, -0.2) is 9.59 Å². The molecule has 1 aromatic carbocycles. The Labute approximate surface area is 190 Å². The Morgan fingerprint density at radius 3 is 1.59 bits per heavy atom. The van der Waals surface area contributed by atoms with Gasteiger partial charge in [0.05, 0.1) is 11.1 Å². The number of carbonyl (C=O) groups is 2. The van der Waals surface area contributed by atoms with E-state index >= 15 is 0 Å². The van der Waals surface area contributed by atoms with Gasteiger partial charge in [0.15, 0.2) is 0 Å². The van der Waals surface area contributed by atoms with Crippen LogP contribution < -0.4 is 0 Å². The van der Waals surface area contributed by atoms with E-state index in [0.717, 1.165) is 69.8 Å². The van der Waals surface area contributed by atoms with Gasteiger partial charge in [-0.2, -0.15) is 0 Å². The topological polar surface area (TPSA) is 115 Å². The van der Waals surface area contributed by atoms with E-state index in [1.54, 1.807) is 12.1 Å². The Morgan fingerprint density at radius 1 is 0.688 bits per heavy atom. The van der Waals surface area contributed by atoms with E-state index in [1.807, 2.05) is 0 Å². The Morgan fingerprint density at radius 2 is 1.16 bits per heavy atom. The van der Waals surface area contributed by atoms with Crippen LogP contribution in [0.4, 0.5) is 0 Å². The Kier molecular flexibility index (Phi) is 9.11. The Bertz CT molecular complexity index is 773. The van der Waals surface area contributed by atoms with Crippen molar-refractivity contribution in [1.29, 1.82) is 0 Å². The zero-order valence-corrected chi connectivity index (χ0v) is 19.0. The molecule has 0 amide bonds. The van der Waals surface area contributed by atoms with Gasteiger partial charge in [-0.1, -0.05) is 31.7 Å². The molecule has 178 valence electrons. The summed E-state index contributed by atoms with van der Waals surface area (Å²) in [6, 6.07) is 3.28. The number of carboxylic acids is 2. The highest BCUT2D eigenvalue weighted by Gasteiger charge is 2.26. The highest BCUT2D eigenvalue weighted by molar-refractivity contribution is 5.97. The molecule has 0 aromatic heterocycles. The van der Waals surface area contributed by atoms with Crippen molar-refractivity contribution in [2.24, 2.45) is 23.7 Å². The molecule has 2 saturated carbocycles. The fourth-order valence-corrected chi connectivity index (χ4v) is 5.74. The lowest BCUT2D eigenvalue weighted by atomic mass is 9.78. The van der Waals surface area contributed by atoms with E-state index in [1.165, 1.54) is 0 Å². The molecule has 0 bridgehead atoms. The number of aliphatic hydroxyl groups is 2. The minimum Gasteiger partial charge on any atom is -0.478 e. The lowest BCUT2D eigenvalue weighted by Crippen LogP contribution is -2.20. The van der Waals surface area contributed by atoms with Crippen LogP contribution in [-0.4, -0.2) is 45.6 Å². The van der Waals surface area contributed by atoms with Crippen LogP contribution in [0, 0.1) is 23.7 Å². The van der Waals surface area contributed by atoms with Crippen LogP contribution in [0.25, 0.3) is 0 Å². The van der Waals surface area contributed by atoms with E-state index in [9.17, 15) is 30.0 Å². The number of aryl methyl sites for hydroxylation is 1. The van der Waals surface area contributed by atoms with E-state index in [0.29, 0.717) is 42.1 Å². The predicted octanol–water partition coefficient (Wildman–Crippen LogP) is 4.55. The molecule has 32 heavy (non-hydrogen) atoms. The van der Waals surface area contributed by atoms with Crippen molar-refractivity contribution in [1.82, 2.24) is 0 Å². The highest BCUT2D eigenvalue weighted by Crippen LogP contribution is 2.34. The molecule has 2 aliphatic rings. The summed E-state index contributed by atoms with van der Waals surface area (Å²) in [6.45, 7) is 0.473. The molecule has 6 nitrogen and oxygen atoms in total. The normalized spacial score (nSPS) is 26.1. The third-order valence-electron chi connectivity index (χ3n) is 7.92. The predicted molar refractivity (Wildman–Crippen MR) is 122 cm³/mol. The molecule has 0 spiro atoms. The quantitative estimate of drug-likeness (QED) is 0.419. The first kappa shape index (κ1) is 24.7. The number of aromatic carboxylic acids is 2. The maximum Gasteiger partial charge on any atom is 0.336 e. The van der Waals surface area contributed by atoms with Crippen LogP contribution in [0.2, 0.25) is 0 Å². The van der Waals surface area contributed by atoms with Gasteiger partial charge in [0.2, 0.25) is 0 Å². The van der Waals surface area contributed by atoms with Gasteiger partial charge in [-0.3, -0.25) is 0 Å². The van der Waals surface area contributed by atoms with Crippen LogP contribution in [0.1, 0.15) is 96.1 Å². The lowest BCUT2D eigenvalue weighted by Gasteiger charge is -2.28. The average Bonchev–Trinajstić information content (AvgIpc) is 2.81. The molecular formula is C26H38O6. The van der Waals surface area contributed by atoms with Crippen LogP contribution in [-0.2, 0) is 12.8 Å². The molecule has 3 rings (SSSR count). The molecule has 0 heterocycles. The maximum absolute atomic E-state index is 12.2. The van der Waals surface area contributed by atoms with Crippen LogP contribution >= 0.6 is 0 Å². The maximum atomic E-state index is 12.2. The fourth-order valence-electron chi connectivity index (χ4n) is 5.74. The first-order valence-corrected chi connectivity index (χ1v) is 12.3. The summed E-state index contributed by atoms with van der Waals surface area (Å²) in [5.74, 6) is -0.359. The van der Waals surface area contributed by atoms with Gasteiger partial charge in [-0.05, 0) is 92.2 Å². The van der Waals surface area contributed by atoms with E-state index < -0.39 is 11.9 Å². The lowest BCUT2D eigenvalue weighted by molar-refractivity contribution is 0.0693. The molecule has 2 aliphatic carbocycles. The van der Waals surface area contributed by atoms with Gasteiger partial charge < -0.3 is 20.4 Å². The summed E-state index contributed by atoms with van der Waals surface area (Å²) in [4.78, 5) is 24.1. The molecule has 0 unspecified atom stereocenters. The van der Waals surface area contributed by atoms with Gasteiger partial charge in [0.25, 0.3) is 0 Å². The summed E-state index contributed by atoms with van der Waals surface area (Å²) in [5.41, 5.74) is 1.51. The molecule has 2 fully saturated rings. The number of hydrogen-bond donors (Lipinski definition) is 4. The van der Waals surface area contributed by atoms with Gasteiger partial charge in [0.1, 0.15) is 0 Å². The van der Waals surface area contributed by atoms with Crippen LogP contribution in [0.3, 0.4) is 0 Å². The van der Waals surface area contributed by atoms with Gasteiger partial charge in [-0.15, -0.1) is 0 Å². The monoisotopic (exact) mass is 446 g/mol.